The van der Waals surface area contributed by atoms with Crippen molar-refractivity contribution >= 4 is 27.8 Å². The lowest BCUT2D eigenvalue weighted by atomic mass is 9.96. The molecule has 1 aliphatic rings. The number of benzene rings is 2. The predicted octanol–water partition coefficient (Wildman–Crippen LogP) is 3.88. The summed E-state index contributed by atoms with van der Waals surface area (Å²) in [7, 11) is 0. The van der Waals surface area contributed by atoms with Gasteiger partial charge in [0.1, 0.15) is 0 Å². The highest BCUT2D eigenvalue weighted by molar-refractivity contribution is 6.07. The molecule has 31 heavy (non-hydrogen) atoms. The van der Waals surface area contributed by atoms with E-state index in [1.807, 2.05) is 24.3 Å². The zero-order valence-electron chi connectivity index (χ0n) is 18.0. The number of carbonyl (C=O) groups excluding carboxylic acids is 1. The Hall–Kier alpha value is -2.57. The first kappa shape index (κ1) is 21.7. The van der Waals surface area contributed by atoms with Crippen LogP contribution in [0, 0.1) is 0 Å². The van der Waals surface area contributed by atoms with Crippen molar-refractivity contribution in [3.63, 3.8) is 0 Å². The molecule has 1 aliphatic carbocycles. The van der Waals surface area contributed by atoms with Crippen LogP contribution in [0.1, 0.15) is 38.5 Å². The van der Waals surface area contributed by atoms with Crippen molar-refractivity contribution in [2.75, 3.05) is 19.7 Å². The maximum absolute atomic E-state index is 12.9. The summed E-state index contributed by atoms with van der Waals surface area (Å²) in [6.07, 6.45) is 5.36. The van der Waals surface area contributed by atoms with Crippen LogP contribution in [0.25, 0.3) is 21.8 Å². The molecule has 1 atom stereocenters. The molecule has 1 saturated carbocycles. The van der Waals surface area contributed by atoms with E-state index in [0.717, 1.165) is 47.5 Å². The van der Waals surface area contributed by atoms with Crippen LogP contribution < -0.4 is 5.32 Å². The number of amides is 2. The first-order valence-electron chi connectivity index (χ1n) is 11.5. The number of aliphatic hydroxyl groups is 2. The highest BCUT2D eigenvalue weighted by Gasteiger charge is 2.22. The first-order chi connectivity index (χ1) is 15.2. The minimum atomic E-state index is -0.713. The summed E-state index contributed by atoms with van der Waals surface area (Å²) < 4.78 is 2.14. The van der Waals surface area contributed by atoms with Crippen LogP contribution in [-0.2, 0) is 6.54 Å². The molecule has 1 fully saturated rings. The van der Waals surface area contributed by atoms with Gasteiger partial charge >= 0.3 is 6.03 Å². The van der Waals surface area contributed by atoms with Crippen LogP contribution in [0.4, 0.5) is 4.79 Å². The second kappa shape index (κ2) is 10.2. The minimum Gasteiger partial charge on any atom is -0.396 e. The third-order valence-corrected chi connectivity index (χ3v) is 6.31. The number of fused-ring (bicyclic) bond motifs is 3. The van der Waals surface area contributed by atoms with Gasteiger partial charge in [-0.05, 0) is 31.4 Å². The number of nitrogens with zero attached hydrogens (tertiary/aromatic N) is 2. The number of hydrogen-bond donors (Lipinski definition) is 3. The molecule has 0 spiro atoms. The number of urea groups is 1. The smallest absolute Gasteiger partial charge is 0.317 e. The van der Waals surface area contributed by atoms with Gasteiger partial charge in [0, 0.05) is 41.0 Å². The summed E-state index contributed by atoms with van der Waals surface area (Å²) in [5.41, 5.74) is 2.16. The number of aromatic nitrogens is 1. The number of carbonyl (C=O) groups is 1. The van der Waals surface area contributed by atoms with Gasteiger partial charge in [0.05, 0.1) is 19.2 Å². The number of rotatable bonds is 8. The average Bonchev–Trinajstić information content (AvgIpc) is 3.11. The van der Waals surface area contributed by atoms with Crippen molar-refractivity contribution in [3.05, 3.63) is 48.5 Å². The lowest BCUT2D eigenvalue weighted by Gasteiger charge is -2.30. The molecule has 2 aromatic carbocycles. The molecule has 1 aromatic heterocycles. The summed E-state index contributed by atoms with van der Waals surface area (Å²) in [5, 5.41) is 25.7. The fraction of sp³-hybridized carbons (Fsp3) is 0.480. The molecular weight excluding hydrogens is 390 g/mol. The summed E-state index contributed by atoms with van der Waals surface area (Å²) in [4.78, 5) is 14.6. The Labute approximate surface area is 183 Å². The van der Waals surface area contributed by atoms with Gasteiger partial charge < -0.3 is 25.0 Å². The molecule has 0 saturated heterocycles. The van der Waals surface area contributed by atoms with Crippen LogP contribution in [0.15, 0.2) is 48.5 Å². The van der Waals surface area contributed by atoms with E-state index >= 15 is 0 Å². The summed E-state index contributed by atoms with van der Waals surface area (Å²) >= 11 is 0. The van der Waals surface area contributed by atoms with Gasteiger partial charge in [-0.2, -0.15) is 0 Å². The van der Waals surface area contributed by atoms with Crippen molar-refractivity contribution < 1.29 is 15.0 Å². The molecular formula is C25H33N3O3. The Morgan fingerprint density at radius 1 is 1.03 bits per heavy atom. The monoisotopic (exact) mass is 423 g/mol. The normalized spacial score (nSPS) is 15.9. The molecule has 6 heteroatoms. The second-order valence-electron chi connectivity index (χ2n) is 8.61. The number of aliphatic hydroxyl groups excluding tert-OH is 2. The van der Waals surface area contributed by atoms with Gasteiger partial charge in [0.15, 0.2) is 0 Å². The molecule has 0 aliphatic heterocycles. The molecule has 4 rings (SSSR count). The quantitative estimate of drug-likeness (QED) is 0.515. The molecule has 166 valence electrons. The Bertz CT molecular complexity index is 956. The van der Waals surface area contributed by atoms with Crippen molar-refractivity contribution in [1.82, 2.24) is 14.8 Å². The fourth-order valence-corrected chi connectivity index (χ4v) is 4.77. The zero-order valence-corrected chi connectivity index (χ0v) is 18.0. The number of nitrogens with one attached hydrogen (secondary N) is 1. The predicted molar refractivity (Wildman–Crippen MR) is 124 cm³/mol. The Kier molecular flexibility index (Phi) is 7.10. The van der Waals surface area contributed by atoms with E-state index in [1.54, 1.807) is 4.90 Å². The second-order valence-corrected chi connectivity index (χ2v) is 8.61. The maximum atomic E-state index is 12.9. The van der Waals surface area contributed by atoms with Gasteiger partial charge in [-0.1, -0.05) is 55.7 Å². The maximum Gasteiger partial charge on any atom is 0.317 e. The highest BCUT2D eigenvalue weighted by Crippen LogP contribution is 2.29. The fourth-order valence-electron chi connectivity index (χ4n) is 4.77. The SMILES string of the molecule is O=C(NC1CCCCC1)N(CCCO)C[C@@H](O)Cn1c2ccccc2c2ccccc21. The highest BCUT2D eigenvalue weighted by atomic mass is 16.3. The van der Waals surface area contributed by atoms with Crippen LogP contribution >= 0.6 is 0 Å². The standard InChI is InChI=1S/C25H33N3O3/c29-16-8-15-27(25(31)26-19-9-2-1-3-10-19)17-20(30)18-28-23-13-6-4-11-21(23)22-12-5-7-14-24(22)28/h4-7,11-14,19-20,29-30H,1-3,8-10,15-18H2,(H,26,31)/t20-/m1/s1. The van der Waals surface area contributed by atoms with E-state index in [4.69, 9.17) is 0 Å². The Morgan fingerprint density at radius 2 is 1.65 bits per heavy atom. The molecule has 0 bridgehead atoms. The molecule has 3 aromatic rings. The Morgan fingerprint density at radius 3 is 2.26 bits per heavy atom. The third-order valence-electron chi connectivity index (χ3n) is 6.31. The largest absolute Gasteiger partial charge is 0.396 e. The third kappa shape index (κ3) is 5.02. The van der Waals surface area contributed by atoms with Crippen molar-refractivity contribution in [2.24, 2.45) is 0 Å². The van der Waals surface area contributed by atoms with E-state index in [9.17, 15) is 15.0 Å². The van der Waals surface area contributed by atoms with Crippen LogP contribution in [0.5, 0.6) is 0 Å². The lowest BCUT2D eigenvalue weighted by Crippen LogP contribution is -2.48. The van der Waals surface area contributed by atoms with Gasteiger partial charge in [0.25, 0.3) is 0 Å². The van der Waals surface area contributed by atoms with Crippen molar-refractivity contribution in [1.29, 1.82) is 0 Å². The minimum absolute atomic E-state index is 0.0240. The van der Waals surface area contributed by atoms with Crippen LogP contribution in [0.3, 0.4) is 0 Å². The molecule has 3 N–H and O–H groups in total. The van der Waals surface area contributed by atoms with Crippen molar-refractivity contribution in [2.45, 2.75) is 57.2 Å². The molecule has 0 radical (unpaired) electrons. The van der Waals surface area contributed by atoms with Crippen LogP contribution in [-0.4, -0.2) is 57.6 Å². The summed E-state index contributed by atoms with van der Waals surface area (Å²) in [5.74, 6) is 0. The van der Waals surface area contributed by atoms with Crippen molar-refractivity contribution in [3.8, 4) is 0 Å². The molecule has 2 amide bonds. The Balaban J connectivity index is 1.49. The lowest BCUT2D eigenvalue weighted by molar-refractivity contribution is 0.104. The topological polar surface area (TPSA) is 77.7 Å². The van der Waals surface area contributed by atoms with Gasteiger partial charge in [-0.25, -0.2) is 4.79 Å². The van der Waals surface area contributed by atoms with Crippen LogP contribution in [0.2, 0.25) is 0 Å². The molecule has 1 heterocycles. The van der Waals surface area contributed by atoms with E-state index in [1.165, 1.54) is 6.42 Å². The molecule has 6 nitrogen and oxygen atoms in total. The number of para-hydroxylation sites is 2. The van der Waals surface area contributed by atoms with E-state index < -0.39 is 6.10 Å². The summed E-state index contributed by atoms with van der Waals surface area (Å²) in [6, 6.07) is 16.5. The molecule has 0 unspecified atom stereocenters. The van der Waals surface area contributed by atoms with Gasteiger partial charge in [-0.3, -0.25) is 0 Å². The average molecular weight is 424 g/mol. The van der Waals surface area contributed by atoms with Gasteiger partial charge in [-0.15, -0.1) is 0 Å². The van der Waals surface area contributed by atoms with Gasteiger partial charge in [0.2, 0.25) is 0 Å². The van der Waals surface area contributed by atoms with E-state index in [2.05, 4.69) is 34.1 Å². The van der Waals surface area contributed by atoms with E-state index in [0.29, 0.717) is 19.5 Å². The summed E-state index contributed by atoms with van der Waals surface area (Å²) in [6.45, 7) is 1.09. The zero-order chi connectivity index (χ0) is 21.6. The van der Waals surface area contributed by atoms with E-state index in [-0.39, 0.29) is 25.2 Å². The number of hydrogen-bond acceptors (Lipinski definition) is 3. The first-order valence-corrected chi connectivity index (χ1v) is 11.5.